The Kier molecular flexibility index (Phi) is 6.41. The summed E-state index contributed by atoms with van der Waals surface area (Å²) in [6.45, 7) is 0.859. The summed E-state index contributed by atoms with van der Waals surface area (Å²) in [6, 6.07) is 13.2. The molecular weight excluding hydrogens is 340 g/mol. The lowest BCUT2D eigenvalue weighted by Gasteiger charge is -2.36. The van der Waals surface area contributed by atoms with Crippen LogP contribution in [0.15, 0.2) is 54.9 Å². The summed E-state index contributed by atoms with van der Waals surface area (Å²) in [6.07, 6.45) is 7.68. The molecule has 0 aliphatic heterocycles. The van der Waals surface area contributed by atoms with E-state index >= 15 is 0 Å². The Morgan fingerprint density at radius 2 is 1.48 bits per heavy atom. The molecule has 0 radical (unpaired) electrons. The summed E-state index contributed by atoms with van der Waals surface area (Å²) in [7, 11) is 0. The molecule has 1 aliphatic rings. The number of nitrogens with zero attached hydrogens (tertiary/aromatic N) is 1. The molecule has 1 aliphatic carbocycles. The lowest BCUT2D eigenvalue weighted by atomic mass is 9.81. The van der Waals surface area contributed by atoms with Crippen molar-refractivity contribution in [3.05, 3.63) is 66.0 Å². The number of aromatic nitrogens is 1. The monoisotopic (exact) mass is 366 g/mol. The maximum atomic E-state index is 12.9. The highest BCUT2D eigenvalue weighted by molar-refractivity contribution is 5.91. The number of urea groups is 1. The van der Waals surface area contributed by atoms with Gasteiger partial charge >= 0.3 is 6.03 Å². The molecule has 1 aromatic heterocycles. The third kappa shape index (κ3) is 5.29. The maximum absolute atomic E-state index is 12.9. The van der Waals surface area contributed by atoms with Gasteiger partial charge in [-0.15, -0.1) is 0 Å². The van der Waals surface area contributed by atoms with E-state index in [1.807, 2.05) is 42.5 Å². The van der Waals surface area contributed by atoms with Crippen LogP contribution in [0.1, 0.15) is 43.2 Å². The molecule has 0 atom stereocenters. The first kappa shape index (κ1) is 18.9. The van der Waals surface area contributed by atoms with Crippen LogP contribution in [-0.2, 0) is 17.9 Å². The van der Waals surface area contributed by atoms with Gasteiger partial charge in [-0.05, 0) is 36.1 Å². The van der Waals surface area contributed by atoms with Crippen molar-refractivity contribution in [3.8, 4) is 0 Å². The van der Waals surface area contributed by atoms with E-state index < -0.39 is 5.54 Å². The highest BCUT2D eigenvalue weighted by atomic mass is 16.2. The lowest BCUT2D eigenvalue weighted by Crippen LogP contribution is -2.61. The number of benzene rings is 1. The van der Waals surface area contributed by atoms with Gasteiger partial charge in [-0.1, -0.05) is 49.6 Å². The summed E-state index contributed by atoms with van der Waals surface area (Å²) < 4.78 is 0. The van der Waals surface area contributed by atoms with Gasteiger partial charge in [0, 0.05) is 25.5 Å². The Morgan fingerprint density at radius 1 is 0.852 bits per heavy atom. The third-order valence-corrected chi connectivity index (χ3v) is 4.99. The van der Waals surface area contributed by atoms with Crippen molar-refractivity contribution in [3.63, 3.8) is 0 Å². The van der Waals surface area contributed by atoms with Crippen LogP contribution in [-0.4, -0.2) is 22.5 Å². The number of rotatable bonds is 6. The molecule has 1 fully saturated rings. The molecule has 0 spiro atoms. The Bertz CT molecular complexity index is 743. The Balaban J connectivity index is 1.59. The maximum Gasteiger partial charge on any atom is 0.315 e. The number of hydrogen-bond acceptors (Lipinski definition) is 3. The van der Waals surface area contributed by atoms with Crippen LogP contribution in [0, 0.1) is 0 Å². The number of nitrogens with one attached hydrogen (secondary N) is 3. The molecule has 1 saturated carbocycles. The predicted molar refractivity (Wildman–Crippen MR) is 104 cm³/mol. The summed E-state index contributed by atoms with van der Waals surface area (Å²) >= 11 is 0. The first-order valence-corrected chi connectivity index (χ1v) is 9.45. The Morgan fingerprint density at radius 3 is 2.19 bits per heavy atom. The van der Waals surface area contributed by atoms with Crippen LogP contribution in [0.3, 0.4) is 0 Å². The van der Waals surface area contributed by atoms with Crippen LogP contribution >= 0.6 is 0 Å². The number of carbonyl (C=O) groups is 2. The molecule has 1 aromatic carbocycles. The van der Waals surface area contributed by atoms with Crippen LogP contribution in [0.4, 0.5) is 4.79 Å². The minimum absolute atomic E-state index is 0.117. The number of carbonyl (C=O) groups excluding carboxylic acids is 2. The van der Waals surface area contributed by atoms with Gasteiger partial charge in [-0.3, -0.25) is 9.78 Å². The second kappa shape index (κ2) is 9.16. The molecule has 6 heteroatoms. The van der Waals surface area contributed by atoms with Gasteiger partial charge < -0.3 is 16.0 Å². The average molecular weight is 366 g/mol. The zero-order valence-electron chi connectivity index (χ0n) is 15.4. The van der Waals surface area contributed by atoms with E-state index in [-0.39, 0.29) is 11.9 Å². The molecule has 0 saturated heterocycles. The van der Waals surface area contributed by atoms with E-state index in [9.17, 15) is 9.59 Å². The molecule has 2 aromatic rings. The smallest absolute Gasteiger partial charge is 0.315 e. The summed E-state index contributed by atoms with van der Waals surface area (Å²) in [5, 5.41) is 8.81. The zero-order chi connectivity index (χ0) is 19.0. The molecule has 1 heterocycles. The first-order chi connectivity index (χ1) is 13.2. The van der Waals surface area contributed by atoms with Crippen molar-refractivity contribution in [2.75, 3.05) is 0 Å². The van der Waals surface area contributed by atoms with Crippen LogP contribution in [0.5, 0.6) is 0 Å². The van der Waals surface area contributed by atoms with Gasteiger partial charge in [0.05, 0.1) is 0 Å². The highest BCUT2D eigenvalue weighted by Crippen LogP contribution is 2.28. The number of pyridine rings is 1. The van der Waals surface area contributed by atoms with Gasteiger partial charge in [0.1, 0.15) is 5.54 Å². The SMILES string of the molecule is O=C(NCc1ccccc1)NC1(C(=O)NCc2ccncc2)CCCCC1. The molecule has 6 nitrogen and oxygen atoms in total. The van der Waals surface area contributed by atoms with Gasteiger partial charge in [0.15, 0.2) is 0 Å². The Hall–Kier alpha value is -2.89. The van der Waals surface area contributed by atoms with Crippen molar-refractivity contribution < 1.29 is 9.59 Å². The fourth-order valence-electron chi connectivity index (χ4n) is 3.46. The van der Waals surface area contributed by atoms with E-state index in [0.717, 1.165) is 30.4 Å². The van der Waals surface area contributed by atoms with Crippen LogP contribution < -0.4 is 16.0 Å². The average Bonchev–Trinajstić information content (AvgIpc) is 2.72. The molecular formula is C21H26N4O2. The van der Waals surface area contributed by atoms with Gasteiger partial charge in [0.2, 0.25) is 5.91 Å². The van der Waals surface area contributed by atoms with E-state index in [1.165, 1.54) is 0 Å². The minimum atomic E-state index is -0.841. The van der Waals surface area contributed by atoms with E-state index in [0.29, 0.717) is 25.9 Å². The highest BCUT2D eigenvalue weighted by Gasteiger charge is 2.40. The number of amides is 3. The standard InChI is InChI=1S/C21H26N4O2/c26-19(23-15-18-9-13-22-14-10-18)21(11-5-2-6-12-21)25-20(27)24-16-17-7-3-1-4-8-17/h1,3-4,7-10,13-14H,2,5-6,11-12,15-16H2,(H,23,26)(H2,24,25,27). The summed E-state index contributed by atoms with van der Waals surface area (Å²) in [5.74, 6) is -0.117. The van der Waals surface area contributed by atoms with Crippen molar-refractivity contribution in [1.29, 1.82) is 0 Å². The molecule has 0 unspecified atom stereocenters. The largest absolute Gasteiger partial charge is 0.350 e. The molecule has 3 N–H and O–H groups in total. The summed E-state index contributed by atoms with van der Waals surface area (Å²) in [4.78, 5) is 29.4. The van der Waals surface area contributed by atoms with Crippen molar-refractivity contribution in [2.45, 2.75) is 50.7 Å². The van der Waals surface area contributed by atoms with Gasteiger partial charge in [-0.25, -0.2) is 4.79 Å². The molecule has 142 valence electrons. The minimum Gasteiger partial charge on any atom is -0.350 e. The van der Waals surface area contributed by atoms with E-state index in [2.05, 4.69) is 20.9 Å². The summed E-state index contributed by atoms with van der Waals surface area (Å²) in [5.41, 5.74) is 1.16. The van der Waals surface area contributed by atoms with Crippen molar-refractivity contribution >= 4 is 11.9 Å². The number of hydrogen-bond donors (Lipinski definition) is 3. The van der Waals surface area contributed by atoms with E-state index in [4.69, 9.17) is 0 Å². The van der Waals surface area contributed by atoms with Crippen molar-refractivity contribution in [1.82, 2.24) is 20.9 Å². The fraction of sp³-hybridized carbons (Fsp3) is 0.381. The Labute approximate surface area is 159 Å². The van der Waals surface area contributed by atoms with Gasteiger partial charge in [0.25, 0.3) is 0 Å². The van der Waals surface area contributed by atoms with Crippen molar-refractivity contribution in [2.24, 2.45) is 0 Å². The normalized spacial score (nSPS) is 15.6. The predicted octanol–water partition coefficient (Wildman–Crippen LogP) is 2.90. The first-order valence-electron chi connectivity index (χ1n) is 9.45. The van der Waals surface area contributed by atoms with E-state index in [1.54, 1.807) is 12.4 Å². The zero-order valence-corrected chi connectivity index (χ0v) is 15.4. The second-order valence-electron chi connectivity index (χ2n) is 6.97. The topological polar surface area (TPSA) is 83.1 Å². The molecule has 27 heavy (non-hydrogen) atoms. The molecule has 3 rings (SSSR count). The van der Waals surface area contributed by atoms with Crippen LogP contribution in [0.2, 0.25) is 0 Å². The molecule has 3 amide bonds. The second-order valence-corrected chi connectivity index (χ2v) is 6.97. The fourth-order valence-corrected chi connectivity index (χ4v) is 3.46. The third-order valence-electron chi connectivity index (χ3n) is 4.99. The van der Waals surface area contributed by atoms with Crippen LogP contribution in [0.25, 0.3) is 0 Å². The van der Waals surface area contributed by atoms with Gasteiger partial charge in [-0.2, -0.15) is 0 Å². The quantitative estimate of drug-likeness (QED) is 0.735. The molecule has 0 bridgehead atoms. The lowest BCUT2D eigenvalue weighted by molar-refractivity contribution is -0.128.